The van der Waals surface area contributed by atoms with E-state index >= 15 is 0 Å². The van der Waals surface area contributed by atoms with Gasteiger partial charge in [0.1, 0.15) is 11.9 Å². The fourth-order valence-corrected chi connectivity index (χ4v) is 4.68. The molecule has 0 spiro atoms. The number of hydrogen-bond donors (Lipinski definition) is 2. The fourth-order valence-electron chi connectivity index (χ4n) is 4.68. The predicted molar refractivity (Wildman–Crippen MR) is 143 cm³/mol. The Morgan fingerprint density at radius 3 is 2.30 bits per heavy atom. The largest absolute Gasteiger partial charge is 0.351 e. The molecule has 0 aliphatic heterocycles. The van der Waals surface area contributed by atoms with Gasteiger partial charge < -0.3 is 15.5 Å². The molecule has 7 heteroatoms. The topological polar surface area (TPSA) is 91.4 Å². The van der Waals surface area contributed by atoms with Crippen molar-refractivity contribution >= 4 is 23.5 Å². The van der Waals surface area contributed by atoms with Gasteiger partial charge in [0.05, 0.1) is 0 Å². The maximum Gasteiger partial charge on any atom is 0.247 e. The Balaban J connectivity index is 1.57. The van der Waals surface area contributed by atoms with Gasteiger partial charge in [-0.2, -0.15) is 0 Å². The number of amides is 3. The highest BCUT2D eigenvalue weighted by atomic mass is 16.2. The molecule has 0 bridgehead atoms. The van der Waals surface area contributed by atoms with Crippen molar-refractivity contribution in [2.24, 2.45) is 0 Å². The number of nitrogens with zero attached hydrogens (tertiary/aromatic N) is 2. The summed E-state index contributed by atoms with van der Waals surface area (Å²) in [5.41, 5.74) is 2.74. The molecule has 1 aliphatic rings. The number of hydrogen-bond acceptors (Lipinski definition) is 4. The summed E-state index contributed by atoms with van der Waals surface area (Å²) in [5.74, 6) is -0.297. The van der Waals surface area contributed by atoms with Crippen LogP contribution in [-0.4, -0.2) is 33.6 Å². The van der Waals surface area contributed by atoms with E-state index in [0.29, 0.717) is 5.82 Å². The molecule has 192 valence electrons. The van der Waals surface area contributed by atoms with Crippen molar-refractivity contribution in [2.75, 3.05) is 5.32 Å². The molecule has 0 saturated heterocycles. The fraction of sp³-hybridized carbons (Fsp3) is 0.333. The maximum atomic E-state index is 13.7. The van der Waals surface area contributed by atoms with Gasteiger partial charge in [0.15, 0.2) is 0 Å². The summed E-state index contributed by atoms with van der Waals surface area (Å²) in [6.07, 6.45) is 5.66. The Bertz CT molecular complexity index is 1180. The smallest absolute Gasteiger partial charge is 0.247 e. The molecule has 1 aromatic heterocycles. The highest BCUT2D eigenvalue weighted by Crippen LogP contribution is 2.27. The first kappa shape index (κ1) is 26.1. The summed E-state index contributed by atoms with van der Waals surface area (Å²) in [6.45, 7) is 2.25. The molecule has 1 aliphatic carbocycles. The molecule has 1 saturated carbocycles. The summed E-state index contributed by atoms with van der Waals surface area (Å²) in [6, 6.07) is 21.9. The van der Waals surface area contributed by atoms with Gasteiger partial charge in [-0.25, -0.2) is 4.98 Å². The molecular weight excluding hydrogens is 464 g/mol. The van der Waals surface area contributed by atoms with Crippen LogP contribution in [0.1, 0.15) is 61.3 Å². The van der Waals surface area contributed by atoms with Gasteiger partial charge in [0.25, 0.3) is 0 Å². The molecule has 1 unspecified atom stereocenters. The minimum Gasteiger partial charge on any atom is -0.351 e. The van der Waals surface area contributed by atoms with Crippen molar-refractivity contribution in [3.63, 3.8) is 0 Å². The third-order valence-electron chi connectivity index (χ3n) is 6.67. The molecule has 4 rings (SSSR count). The van der Waals surface area contributed by atoms with E-state index in [0.717, 1.165) is 42.4 Å². The molecule has 1 atom stereocenters. The molecule has 0 radical (unpaired) electrons. The molecule has 2 aromatic carbocycles. The van der Waals surface area contributed by atoms with Crippen LogP contribution >= 0.6 is 0 Å². The summed E-state index contributed by atoms with van der Waals surface area (Å²) >= 11 is 0. The lowest BCUT2D eigenvalue weighted by atomic mass is 10.0. The van der Waals surface area contributed by atoms with Gasteiger partial charge in [-0.1, -0.05) is 79.1 Å². The van der Waals surface area contributed by atoms with Crippen LogP contribution in [0.25, 0.3) is 0 Å². The maximum absolute atomic E-state index is 13.7. The number of anilines is 1. The Labute approximate surface area is 218 Å². The molecule has 7 nitrogen and oxygen atoms in total. The predicted octanol–water partition coefficient (Wildman–Crippen LogP) is 4.94. The van der Waals surface area contributed by atoms with Crippen LogP contribution < -0.4 is 10.6 Å². The third kappa shape index (κ3) is 7.49. The average molecular weight is 499 g/mol. The Morgan fingerprint density at radius 2 is 1.62 bits per heavy atom. The van der Waals surface area contributed by atoms with Gasteiger partial charge in [0.2, 0.25) is 17.7 Å². The van der Waals surface area contributed by atoms with Gasteiger partial charge in [-0.3, -0.25) is 14.4 Å². The zero-order valence-electron chi connectivity index (χ0n) is 21.2. The average Bonchev–Trinajstić information content (AvgIpc) is 3.42. The lowest BCUT2D eigenvalue weighted by molar-refractivity contribution is -0.142. The molecule has 2 N–H and O–H groups in total. The van der Waals surface area contributed by atoms with Crippen molar-refractivity contribution in [1.82, 2.24) is 15.2 Å². The number of carbonyl (C=O) groups excluding carboxylic acids is 3. The van der Waals surface area contributed by atoms with E-state index in [1.54, 1.807) is 29.3 Å². The van der Waals surface area contributed by atoms with Gasteiger partial charge in [0, 0.05) is 31.6 Å². The lowest BCUT2D eigenvalue weighted by Gasteiger charge is -2.32. The Kier molecular flexibility index (Phi) is 9.03. The minimum atomic E-state index is -0.798. The van der Waals surface area contributed by atoms with E-state index in [4.69, 9.17) is 0 Å². The van der Waals surface area contributed by atoms with Crippen LogP contribution in [0.3, 0.4) is 0 Å². The van der Waals surface area contributed by atoms with E-state index in [9.17, 15) is 14.4 Å². The molecule has 1 heterocycles. The van der Waals surface area contributed by atoms with Gasteiger partial charge in [-0.05, 0) is 43.0 Å². The molecule has 1 fully saturated rings. The first-order valence-electron chi connectivity index (χ1n) is 12.9. The number of rotatable bonds is 10. The number of nitrogens with one attached hydrogen (secondary N) is 2. The van der Waals surface area contributed by atoms with Crippen molar-refractivity contribution in [1.29, 1.82) is 0 Å². The standard InChI is InChI=1S/C30H34N4O3/c1-22-14-16-24(17-15-22)29(30(37)32-25-11-5-6-12-25)34(21-23-9-3-2-4-10-23)28(36)19-18-27(35)33-26-13-7-8-20-31-26/h2-4,7-10,13-17,20,25,29H,5-6,11-12,18-19,21H2,1H3,(H,32,37)(H,31,33,35). The first-order valence-corrected chi connectivity index (χ1v) is 12.9. The second-order valence-electron chi connectivity index (χ2n) is 9.57. The van der Waals surface area contributed by atoms with Gasteiger partial charge in [-0.15, -0.1) is 0 Å². The van der Waals surface area contributed by atoms with E-state index in [1.165, 1.54) is 0 Å². The Hall–Kier alpha value is -4.00. The highest BCUT2D eigenvalue weighted by molar-refractivity contribution is 5.94. The summed E-state index contributed by atoms with van der Waals surface area (Å²) < 4.78 is 0. The van der Waals surface area contributed by atoms with Crippen molar-refractivity contribution in [2.45, 2.75) is 64.1 Å². The Morgan fingerprint density at radius 1 is 0.919 bits per heavy atom. The number of benzene rings is 2. The molecule has 3 aromatic rings. The quantitative estimate of drug-likeness (QED) is 0.414. The van der Waals surface area contributed by atoms with Crippen LogP contribution in [0.15, 0.2) is 79.0 Å². The SMILES string of the molecule is Cc1ccc(C(C(=O)NC2CCCC2)N(Cc2ccccc2)C(=O)CCC(=O)Nc2ccccn2)cc1. The van der Waals surface area contributed by atoms with Crippen molar-refractivity contribution < 1.29 is 14.4 Å². The van der Waals surface area contributed by atoms with E-state index in [-0.39, 0.29) is 43.1 Å². The number of pyridine rings is 1. The summed E-state index contributed by atoms with van der Waals surface area (Å²) in [7, 11) is 0. The van der Waals surface area contributed by atoms with E-state index in [1.807, 2.05) is 61.5 Å². The zero-order chi connectivity index (χ0) is 26.0. The zero-order valence-corrected chi connectivity index (χ0v) is 21.2. The van der Waals surface area contributed by atoms with Crippen LogP contribution in [-0.2, 0) is 20.9 Å². The first-order chi connectivity index (χ1) is 18.0. The van der Waals surface area contributed by atoms with Gasteiger partial charge >= 0.3 is 0 Å². The van der Waals surface area contributed by atoms with Crippen molar-refractivity contribution in [3.8, 4) is 0 Å². The van der Waals surface area contributed by atoms with E-state index < -0.39 is 6.04 Å². The number of aromatic nitrogens is 1. The van der Waals surface area contributed by atoms with E-state index in [2.05, 4.69) is 15.6 Å². The third-order valence-corrected chi connectivity index (χ3v) is 6.67. The van der Waals surface area contributed by atoms with Crippen LogP contribution in [0.2, 0.25) is 0 Å². The van der Waals surface area contributed by atoms with Crippen LogP contribution in [0.5, 0.6) is 0 Å². The number of carbonyl (C=O) groups is 3. The molecule has 3 amide bonds. The monoisotopic (exact) mass is 498 g/mol. The highest BCUT2D eigenvalue weighted by Gasteiger charge is 2.33. The summed E-state index contributed by atoms with van der Waals surface area (Å²) in [4.78, 5) is 45.6. The minimum absolute atomic E-state index is 0.00837. The number of aryl methyl sites for hydroxylation is 1. The molecule has 37 heavy (non-hydrogen) atoms. The molecular formula is C30H34N4O3. The normalized spacial score (nSPS) is 14.1. The second-order valence-corrected chi connectivity index (χ2v) is 9.57. The lowest BCUT2D eigenvalue weighted by Crippen LogP contribution is -2.46. The second kappa shape index (κ2) is 12.8. The van der Waals surface area contributed by atoms with Crippen LogP contribution in [0, 0.1) is 6.92 Å². The van der Waals surface area contributed by atoms with Crippen LogP contribution in [0.4, 0.5) is 5.82 Å². The summed E-state index contributed by atoms with van der Waals surface area (Å²) in [5, 5.41) is 5.91. The van der Waals surface area contributed by atoms with Crippen molar-refractivity contribution in [3.05, 3.63) is 95.7 Å².